The zero-order valence-electron chi connectivity index (χ0n) is 9.98. The van der Waals surface area contributed by atoms with Crippen LogP contribution in [0.2, 0.25) is 0 Å². The molecule has 0 saturated carbocycles. The molecule has 17 heavy (non-hydrogen) atoms. The molecule has 1 radical (unpaired) electrons. The number of fused-ring (bicyclic) bond motifs is 1. The lowest BCUT2D eigenvalue weighted by molar-refractivity contribution is 1.13. The molecule has 0 N–H and O–H groups in total. The first kappa shape index (κ1) is 10.3. The SMILES string of the molecule is CCc1ccccc1C1=Cc2ccccc2[CH]1. The monoisotopic (exact) mass is 219 g/mol. The summed E-state index contributed by atoms with van der Waals surface area (Å²) in [5.41, 5.74) is 6.78. The molecule has 3 rings (SSSR count). The fraction of sp³-hybridized carbons (Fsp3) is 0.118. The number of allylic oxidation sites excluding steroid dienone is 1. The Morgan fingerprint density at radius 2 is 1.53 bits per heavy atom. The van der Waals surface area contributed by atoms with Gasteiger partial charge in [-0.3, -0.25) is 0 Å². The summed E-state index contributed by atoms with van der Waals surface area (Å²) in [7, 11) is 0. The first-order valence-corrected chi connectivity index (χ1v) is 6.12. The van der Waals surface area contributed by atoms with Crippen molar-refractivity contribution in [3.63, 3.8) is 0 Å². The minimum atomic E-state index is 1.08. The van der Waals surface area contributed by atoms with Crippen LogP contribution < -0.4 is 0 Å². The van der Waals surface area contributed by atoms with Crippen LogP contribution in [0.4, 0.5) is 0 Å². The van der Waals surface area contributed by atoms with E-state index in [0.717, 1.165) is 6.42 Å². The molecule has 0 fully saturated rings. The molecule has 0 aromatic heterocycles. The molecule has 0 heterocycles. The van der Waals surface area contributed by atoms with Gasteiger partial charge in [-0.2, -0.15) is 0 Å². The molecular formula is C17H15. The first-order chi connectivity index (χ1) is 8.38. The van der Waals surface area contributed by atoms with Crippen LogP contribution in [0.3, 0.4) is 0 Å². The van der Waals surface area contributed by atoms with Gasteiger partial charge in [-0.05, 0) is 34.2 Å². The van der Waals surface area contributed by atoms with Gasteiger partial charge in [0.05, 0.1) is 0 Å². The summed E-state index contributed by atoms with van der Waals surface area (Å²) in [6.45, 7) is 2.21. The molecule has 1 aliphatic carbocycles. The first-order valence-electron chi connectivity index (χ1n) is 6.12. The van der Waals surface area contributed by atoms with Gasteiger partial charge < -0.3 is 0 Å². The summed E-state index contributed by atoms with van der Waals surface area (Å²) >= 11 is 0. The van der Waals surface area contributed by atoms with Gasteiger partial charge in [0.1, 0.15) is 0 Å². The lowest BCUT2D eigenvalue weighted by Crippen LogP contribution is -1.90. The van der Waals surface area contributed by atoms with Gasteiger partial charge in [-0.15, -0.1) is 0 Å². The maximum atomic E-state index is 2.28. The Hall–Kier alpha value is -1.82. The Balaban J connectivity index is 2.04. The van der Waals surface area contributed by atoms with Crippen molar-refractivity contribution in [1.29, 1.82) is 0 Å². The fourth-order valence-corrected chi connectivity index (χ4v) is 2.42. The number of aryl methyl sites for hydroxylation is 1. The van der Waals surface area contributed by atoms with Crippen LogP contribution in [0.25, 0.3) is 11.6 Å². The van der Waals surface area contributed by atoms with Gasteiger partial charge in [0.15, 0.2) is 0 Å². The van der Waals surface area contributed by atoms with E-state index in [1.807, 2.05) is 0 Å². The van der Waals surface area contributed by atoms with E-state index in [-0.39, 0.29) is 0 Å². The summed E-state index contributed by atoms with van der Waals surface area (Å²) in [4.78, 5) is 0. The summed E-state index contributed by atoms with van der Waals surface area (Å²) in [5, 5.41) is 0. The second-order valence-electron chi connectivity index (χ2n) is 4.38. The normalized spacial score (nSPS) is 13.4. The van der Waals surface area contributed by atoms with E-state index < -0.39 is 0 Å². The molecular weight excluding hydrogens is 204 g/mol. The van der Waals surface area contributed by atoms with Crippen molar-refractivity contribution in [3.05, 3.63) is 77.2 Å². The third-order valence-corrected chi connectivity index (χ3v) is 3.33. The minimum Gasteiger partial charge on any atom is -0.0620 e. The van der Waals surface area contributed by atoms with E-state index in [9.17, 15) is 0 Å². The van der Waals surface area contributed by atoms with Crippen LogP contribution in [0.1, 0.15) is 29.2 Å². The number of hydrogen-bond donors (Lipinski definition) is 0. The lowest BCUT2D eigenvalue weighted by Gasteiger charge is -2.07. The van der Waals surface area contributed by atoms with Gasteiger partial charge in [0.25, 0.3) is 0 Å². The average molecular weight is 219 g/mol. The molecule has 0 bridgehead atoms. The Bertz CT molecular complexity index is 576. The number of benzene rings is 2. The van der Waals surface area contributed by atoms with Crippen molar-refractivity contribution in [2.24, 2.45) is 0 Å². The predicted octanol–water partition coefficient (Wildman–Crippen LogP) is 4.36. The van der Waals surface area contributed by atoms with E-state index in [1.165, 1.54) is 27.8 Å². The molecule has 2 aromatic rings. The molecule has 0 unspecified atom stereocenters. The highest BCUT2D eigenvalue weighted by Gasteiger charge is 2.15. The van der Waals surface area contributed by atoms with E-state index in [0.29, 0.717) is 0 Å². The minimum absolute atomic E-state index is 1.08. The smallest absolute Gasteiger partial charge is 0.0211 e. The Morgan fingerprint density at radius 1 is 0.824 bits per heavy atom. The van der Waals surface area contributed by atoms with Crippen molar-refractivity contribution < 1.29 is 0 Å². The fourth-order valence-electron chi connectivity index (χ4n) is 2.42. The molecule has 0 spiro atoms. The maximum absolute atomic E-state index is 2.28. The average Bonchev–Trinajstić information content (AvgIpc) is 2.82. The predicted molar refractivity (Wildman–Crippen MR) is 73.5 cm³/mol. The van der Waals surface area contributed by atoms with Crippen molar-refractivity contribution in [2.45, 2.75) is 13.3 Å². The van der Waals surface area contributed by atoms with Crippen molar-refractivity contribution in [3.8, 4) is 0 Å². The number of hydrogen-bond acceptors (Lipinski definition) is 0. The molecule has 0 heteroatoms. The molecule has 0 atom stereocenters. The highest BCUT2D eigenvalue weighted by atomic mass is 14.2. The van der Waals surface area contributed by atoms with Crippen LogP contribution in [0.5, 0.6) is 0 Å². The second kappa shape index (κ2) is 4.21. The zero-order valence-corrected chi connectivity index (χ0v) is 9.98. The maximum Gasteiger partial charge on any atom is 0.0211 e. The van der Waals surface area contributed by atoms with Gasteiger partial charge in [-0.1, -0.05) is 61.5 Å². The quantitative estimate of drug-likeness (QED) is 0.704. The van der Waals surface area contributed by atoms with Gasteiger partial charge in [0.2, 0.25) is 0 Å². The van der Waals surface area contributed by atoms with Gasteiger partial charge in [0, 0.05) is 6.42 Å². The van der Waals surface area contributed by atoms with E-state index in [2.05, 4.69) is 68.0 Å². The van der Waals surface area contributed by atoms with Crippen molar-refractivity contribution in [2.75, 3.05) is 0 Å². The lowest BCUT2D eigenvalue weighted by atomic mass is 9.97. The second-order valence-corrected chi connectivity index (χ2v) is 4.38. The third kappa shape index (κ3) is 1.80. The summed E-state index contributed by atoms with van der Waals surface area (Å²) in [5.74, 6) is 0. The van der Waals surface area contributed by atoms with Crippen LogP contribution in [0, 0.1) is 6.42 Å². The molecule has 0 amide bonds. The van der Waals surface area contributed by atoms with Crippen molar-refractivity contribution >= 4 is 11.6 Å². The molecule has 83 valence electrons. The molecule has 0 aliphatic heterocycles. The summed E-state index contributed by atoms with van der Waals surface area (Å²) < 4.78 is 0. The largest absolute Gasteiger partial charge is 0.0620 e. The van der Waals surface area contributed by atoms with E-state index in [1.54, 1.807) is 0 Å². The zero-order chi connectivity index (χ0) is 11.7. The Kier molecular flexibility index (Phi) is 2.56. The van der Waals surface area contributed by atoms with E-state index >= 15 is 0 Å². The third-order valence-electron chi connectivity index (χ3n) is 3.33. The molecule has 1 aliphatic rings. The van der Waals surface area contributed by atoms with Crippen LogP contribution in [0.15, 0.2) is 48.5 Å². The van der Waals surface area contributed by atoms with Gasteiger partial charge in [-0.25, -0.2) is 0 Å². The van der Waals surface area contributed by atoms with Crippen LogP contribution in [-0.4, -0.2) is 0 Å². The Morgan fingerprint density at radius 3 is 2.29 bits per heavy atom. The highest BCUT2D eigenvalue weighted by Crippen LogP contribution is 2.34. The van der Waals surface area contributed by atoms with E-state index in [4.69, 9.17) is 0 Å². The standard InChI is InChI=1S/C17H15/c1-2-13-7-5-6-10-17(13)16-11-14-8-3-4-9-15(14)12-16/h3-12H,2H2,1H3. The number of rotatable bonds is 2. The van der Waals surface area contributed by atoms with Crippen molar-refractivity contribution in [1.82, 2.24) is 0 Å². The molecule has 2 aromatic carbocycles. The topological polar surface area (TPSA) is 0 Å². The summed E-state index contributed by atoms with van der Waals surface area (Å²) in [6, 6.07) is 17.2. The molecule has 0 nitrogen and oxygen atoms in total. The Labute approximate surface area is 103 Å². The van der Waals surface area contributed by atoms with Gasteiger partial charge >= 0.3 is 0 Å². The molecule has 0 saturated heterocycles. The van der Waals surface area contributed by atoms with Crippen LogP contribution >= 0.6 is 0 Å². The summed E-state index contributed by atoms with van der Waals surface area (Å²) in [6.07, 6.45) is 5.64. The van der Waals surface area contributed by atoms with Crippen LogP contribution in [-0.2, 0) is 6.42 Å². The highest BCUT2D eigenvalue weighted by molar-refractivity contribution is 5.95.